The highest BCUT2D eigenvalue weighted by Gasteiger charge is 2.31. The lowest BCUT2D eigenvalue weighted by atomic mass is 9.71. The van der Waals surface area contributed by atoms with Crippen molar-refractivity contribution >= 4 is 5.78 Å². The quantitative estimate of drug-likeness (QED) is 0.359. The van der Waals surface area contributed by atoms with Gasteiger partial charge in [-0.15, -0.1) is 0 Å². The van der Waals surface area contributed by atoms with Gasteiger partial charge in [-0.2, -0.15) is 0 Å². The first kappa shape index (κ1) is 22.0. The Kier molecular flexibility index (Phi) is 9.94. The van der Waals surface area contributed by atoms with Crippen LogP contribution in [-0.4, -0.2) is 12.4 Å². The van der Waals surface area contributed by atoms with Crippen LogP contribution < -0.4 is 4.74 Å². The molecule has 0 amide bonds. The molecule has 0 heterocycles. The van der Waals surface area contributed by atoms with Crippen molar-refractivity contribution in [1.29, 1.82) is 0 Å². The number of hydrogen-bond donors (Lipinski definition) is 0. The van der Waals surface area contributed by atoms with E-state index in [4.69, 9.17) is 4.74 Å². The van der Waals surface area contributed by atoms with Crippen LogP contribution in [0.3, 0.4) is 0 Å². The fourth-order valence-corrected chi connectivity index (χ4v) is 4.30. The topological polar surface area (TPSA) is 26.3 Å². The van der Waals surface area contributed by atoms with Crippen molar-refractivity contribution in [1.82, 2.24) is 0 Å². The molecular weight excluding hydrogens is 332 g/mol. The van der Waals surface area contributed by atoms with Gasteiger partial charge >= 0.3 is 0 Å². The molecule has 2 rings (SSSR count). The number of hydrogen-bond acceptors (Lipinski definition) is 2. The maximum absolute atomic E-state index is 12.1. The Morgan fingerprint density at radius 1 is 1.04 bits per heavy atom. The van der Waals surface area contributed by atoms with E-state index in [1.807, 2.05) is 0 Å². The molecule has 2 nitrogen and oxygen atoms in total. The number of carbonyl (C=O) groups excluding carboxylic acids is 1. The van der Waals surface area contributed by atoms with Crippen molar-refractivity contribution in [2.45, 2.75) is 97.3 Å². The molecule has 0 spiro atoms. The highest BCUT2D eigenvalue weighted by atomic mass is 16.5. The largest absolute Gasteiger partial charge is 0.494 e. The zero-order valence-corrected chi connectivity index (χ0v) is 17.8. The minimum Gasteiger partial charge on any atom is -0.494 e. The fraction of sp³-hybridized carbons (Fsp3) is 0.720. The van der Waals surface area contributed by atoms with Crippen LogP contribution in [0.1, 0.15) is 103 Å². The second-order valence-corrected chi connectivity index (χ2v) is 8.58. The lowest BCUT2D eigenvalue weighted by Gasteiger charge is -2.33. The summed E-state index contributed by atoms with van der Waals surface area (Å²) in [7, 11) is 0. The summed E-state index contributed by atoms with van der Waals surface area (Å²) in [4.78, 5) is 12.1. The molecule has 152 valence electrons. The summed E-state index contributed by atoms with van der Waals surface area (Å²) < 4.78 is 5.92. The van der Waals surface area contributed by atoms with Crippen LogP contribution in [0, 0.1) is 11.8 Å². The van der Waals surface area contributed by atoms with Crippen LogP contribution in [0.2, 0.25) is 0 Å². The molecule has 1 aliphatic rings. The number of unbranched alkanes of at least 4 members (excludes halogenated alkanes) is 5. The Labute approximate surface area is 167 Å². The molecule has 0 radical (unpaired) electrons. The predicted molar refractivity (Wildman–Crippen MR) is 114 cm³/mol. The molecule has 0 bridgehead atoms. The first-order chi connectivity index (χ1) is 13.1. The van der Waals surface area contributed by atoms with Crippen molar-refractivity contribution in [3.05, 3.63) is 29.8 Å². The number of carbonyl (C=O) groups is 1. The van der Waals surface area contributed by atoms with Gasteiger partial charge < -0.3 is 4.74 Å². The summed E-state index contributed by atoms with van der Waals surface area (Å²) in [6.45, 7) is 7.67. The Morgan fingerprint density at radius 2 is 1.74 bits per heavy atom. The zero-order chi connectivity index (χ0) is 19.5. The molecule has 0 aromatic heterocycles. The minimum atomic E-state index is 0.396. The molecule has 1 aromatic rings. The molecule has 0 saturated heterocycles. The van der Waals surface area contributed by atoms with E-state index >= 15 is 0 Å². The van der Waals surface area contributed by atoms with E-state index in [-0.39, 0.29) is 0 Å². The van der Waals surface area contributed by atoms with E-state index in [0.717, 1.165) is 44.0 Å². The van der Waals surface area contributed by atoms with E-state index in [2.05, 4.69) is 45.0 Å². The van der Waals surface area contributed by atoms with E-state index < -0.39 is 0 Å². The summed E-state index contributed by atoms with van der Waals surface area (Å²) in [6, 6.07) is 8.60. The summed E-state index contributed by atoms with van der Waals surface area (Å²) in [5.74, 6) is 3.18. The molecule has 1 fully saturated rings. The summed E-state index contributed by atoms with van der Waals surface area (Å²) >= 11 is 0. The predicted octanol–water partition coefficient (Wildman–Crippen LogP) is 7.31. The van der Waals surface area contributed by atoms with Gasteiger partial charge in [0.25, 0.3) is 0 Å². The summed E-state index contributed by atoms with van der Waals surface area (Å²) in [6.07, 6.45) is 12.7. The molecule has 0 aliphatic heterocycles. The van der Waals surface area contributed by atoms with Gasteiger partial charge in [-0.25, -0.2) is 0 Å². The van der Waals surface area contributed by atoms with E-state index in [0.29, 0.717) is 17.6 Å². The van der Waals surface area contributed by atoms with Crippen LogP contribution in [0.4, 0.5) is 0 Å². The number of rotatable bonds is 12. The third-order valence-corrected chi connectivity index (χ3v) is 6.29. The SMILES string of the molecule is CCCCCCCCOc1ccc(C2CC(=O)CCC2CC(C)CC)cc1. The molecule has 3 atom stereocenters. The van der Waals surface area contributed by atoms with E-state index in [9.17, 15) is 4.79 Å². The highest BCUT2D eigenvalue weighted by Crippen LogP contribution is 2.40. The van der Waals surface area contributed by atoms with Gasteiger partial charge in [-0.1, -0.05) is 71.4 Å². The first-order valence-electron chi connectivity index (χ1n) is 11.4. The Bertz CT molecular complexity index is 534. The zero-order valence-electron chi connectivity index (χ0n) is 17.8. The standard InChI is InChI=1S/C25H40O2/c1-4-6-7-8-9-10-17-27-24-15-12-21(13-16-24)25-19-23(26)14-11-22(25)18-20(3)5-2/h12-13,15-16,20,22,25H,4-11,14,17-19H2,1-3H3. The van der Waals surface area contributed by atoms with Crippen molar-refractivity contribution < 1.29 is 9.53 Å². The van der Waals surface area contributed by atoms with Gasteiger partial charge in [-0.05, 0) is 54.7 Å². The van der Waals surface area contributed by atoms with Gasteiger partial charge in [0.1, 0.15) is 11.5 Å². The molecule has 3 unspecified atom stereocenters. The van der Waals surface area contributed by atoms with Crippen molar-refractivity contribution in [2.75, 3.05) is 6.61 Å². The van der Waals surface area contributed by atoms with E-state index in [1.54, 1.807) is 0 Å². The van der Waals surface area contributed by atoms with Gasteiger partial charge in [0.15, 0.2) is 0 Å². The first-order valence-corrected chi connectivity index (χ1v) is 11.4. The third-order valence-electron chi connectivity index (χ3n) is 6.29. The number of ether oxygens (including phenoxy) is 1. The van der Waals surface area contributed by atoms with Crippen LogP contribution in [-0.2, 0) is 4.79 Å². The molecule has 1 aliphatic carbocycles. The van der Waals surface area contributed by atoms with Crippen molar-refractivity contribution in [2.24, 2.45) is 11.8 Å². The average Bonchev–Trinajstić information content (AvgIpc) is 2.69. The van der Waals surface area contributed by atoms with Crippen LogP contribution in [0.15, 0.2) is 24.3 Å². The van der Waals surface area contributed by atoms with Gasteiger partial charge in [0.2, 0.25) is 0 Å². The fourth-order valence-electron chi connectivity index (χ4n) is 4.30. The molecule has 0 N–H and O–H groups in total. The number of benzene rings is 1. The molecule has 27 heavy (non-hydrogen) atoms. The van der Waals surface area contributed by atoms with Gasteiger partial charge in [0.05, 0.1) is 6.61 Å². The number of Topliss-reactive ketones (excluding diaryl/α,β-unsaturated/α-hetero) is 1. The van der Waals surface area contributed by atoms with Crippen molar-refractivity contribution in [3.8, 4) is 5.75 Å². The average molecular weight is 373 g/mol. The van der Waals surface area contributed by atoms with E-state index in [1.165, 1.54) is 50.5 Å². The number of ketones is 1. The third kappa shape index (κ3) is 7.68. The normalized spacial score (nSPS) is 21.2. The molecule has 1 saturated carbocycles. The lowest BCUT2D eigenvalue weighted by Crippen LogP contribution is -2.25. The summed E-state index contributed by atoms with van der Waals surface area (Å²) in [5, 5.41) is 0. The lowest BCUT2D eigenvalue weighted by molar-refractivity contribution is -0.121. The Balaban J connectivity index is 1.83. The van der Waals surface area contributed by atoms with Crippen LogP contribution >= 0.6 is 0 Å². The molecule has 2 heteroatoms. The van der Waals surface area contributed by atoms with Gasteiger partial charge in [0, 0.05) is 12.8 Å². The van der Waals surface area contributed by atoms with Crippen LogP contribution in [0.25, 0.3) is 0 Å². The minimum absolute atomic E-state index is 0.396. The second kappa shape index (κ2) is 12.2. The Morgan fingerprint density at radius 3 is 2.44 bits per heavy atom. The van der Waals surface area contributed by atoms with Crippen LogP contribution in [0.5, 0.6) is 5.75 Å². The summed E-state index contributed by atoms with van der Waals surface area (Å²) in [5.41, 5.74) is 1.32. The molecule has 1 aromatic carbocycles. The maximum Gasteiger partial charge on any atom is 0.133 e. The Hall–Kier alpha value is -1.31. The highest BCUT2D eigenvalue weighted by molar-refractivity contribution is 5.80. The van der Waals surface area contributed by atoms with Gasteiger partial charge in [-0.3, -0.25) is 4.79 Å². The smallest absolute Gasteiger partial charge is 0.133 e. The van der Waals surface area contributed by atoms with Crippen molar-refractivity contribution in [3.63, 3.8) is 0 Å². The monoisotopic (exact) mass is 372 g/mol. The maximum atomic E-state index is 12.1. The second-order valence-electron chi connectivity index (χ2n) is 8.58. The molecular formula is C25H40O2.